The van der Waals surface area contributed by atoms with E-state index in [0.29, 0.717) is 10.2 Å². The van der Waals surface area contributed by atoms with E-state index < -0.39 is 5.97 Å². The molecule has 2 N–H and O–H groups in total. The molecule has 0 aliphatic heterocycles. The number of urea groups is 1. The van der Waals surface area contributed by atoms with E-state index in [0.717, 1.165) is 0 Å². The number of hydrogen-bond acceptors (Lipinski definition) is 2. The molecule has 1 rings (SSSR count). The molecule has 0 bridgehead atoms. The van der Waals surface area contributed by atoms with E-state index in [9.17, 15) is 9.59 Å². The fourth-order valence-corrected chi connectivity index (χ4v) is 1.51. The van der Waals surface area contributed by atoms with Gasteiger partial charge in [0.1, 0.15) is 0 Å². The van der Waals surface area contributed by atoms with E-state index in [1.165, 1.54) is 17.0 Å². The minimum Gasteiger partial charge on any atom is -0.478 e. The first kappa shape index (κ1) is 12.5. The molecule has 5 nitrogen and oxygen atoms in total. The van der Waals surface area contributed by atoms with Crippen LogP contribution in [0.15, 0.2) is 22.7 Å². The number of carbonyl (C=O) groups is 2. The highest BCUT2D eigenvalue weighted by Crippen LogP contribution is 2.19. The van der Waals surface area contributed by atoms with Gasteiger partial charge in [-0.3, -0.25) is 0 Å². The standard InChI is InChI=1S/C10H11BrN2O3/c1-13(2)10(16)12-8-4-6(9(14)15)3-7(11)5-8/h3-5H,1-2H3,(H,12,16)(H,14,15). The van der Waals surface area contributed by atoms with Crippen LogP contribution in [-0.4, -0.2) is 36.1 Å². The van der Waals surface area contributed by atoms with E-state index in [1.54, 1.807) is 20.2 Å². The summed E-state index contributed by atoms with van der Waals surface area (Å²) >= 11 is 3.18. The Hall–Kier alpha value is -1.56. The molecule has 0 saturated carbocycles. The fourth-order valence-electron chi connectivity index (χ4n) is 1.02. The number of carboxylic acid groups (broad SMARTS) is 1. The number of carbonyl (C=O) groups excluding carboxylic acids is 1. The molecule has 6 heteroatoms. The van der Waals surface area contributed by atoms with Crippen molar-refractivity contribution < 1.29 is 14.7 Å². The number of aromatic carboxylic acids is 1. The third-order valence-corrected chi connectivity index (χ3v) is 2.26. The van der Waals surface area contributed by atoms with Crippen molar-refractivity contribution in [3.63, 3.8) is 0 Å². The zero-order valence-electron chi connectivity index (χ0n) is 8.82. The van der Waals surface area contributed by atoms with Crippen LogP contribution in [0, 0.1) is 0 Å². The van der Waals surface area contributed by atoms with Gasteiger partial charge in [0.15, 0.2) is 0 Å². The topological polar surface area (TPSA) is 69.6 Å². The van der Waals surface area contributed by atoms with Gasteiger partial charge in [0.2, 0.25) is 0 Å². The number of benzene rings is 1. The van der Waals surface area contributed by atoms with Gasteiger partial charge < -0.3 is 15.3 Å². The third-order valence-electron chi connectivity index (χ3n) is 1.80. The van der Waals surface area contributed by atoms with Crippen molar-refractivity contribution >= 4 is 33.6 Å². The molecule has 16 heavy (non-hydrogen) atoms. The minimum absolute atomic E-state index is 0.114. The van der Waals surface area contributed by atoms with Gasteiger partial charge >= 0.3 is 12.0 Å². The van der Waals surface area contributed by atoms with Crippen LogP contribution in [-0.2, 0) is 0 Å². The largest absolute Gasteiger partial charge is 0.478 e. The molecule has 0 saturated heterocycles. The highest BCUT2D eigenvalue weighted by atomic mass is 79.9. The Balaban J connectivity index is 2.97. The van der Waals surface area contributed by atoms with Crippen LogP contribution in [0.3, 0.4) is 0 Å². The summed E-state index contributed by atoms with van der Waals surface area (Å²) in [5.74, 6) is -1.04. The summed E-state index contributed by atoms with van der Waals surface area (Å²) in [6.45, 7) is 0. The van der Waals surface area contributed by atoms with E-state index in [4.69, 9.17) is 5.11 Å². The number of amides is 2. The van der Waals surface area contributed by atoms with Gasteiger partial charge in [-0.05, 0) is 18.2 Å². The van der Waals surface area contributed by atoms with Crippen LogP contribution in [0.5, 0.6) is 0 Å². The van der Waals surface area contributed by atoms with Crippen molar-refractivity contribution in [3.8, 4) is 0 Å². The number of hydrogen-bond donors (Lipinski definition) is 2. The molecule has 86 valence electrons. The highest BCUT2D eigenvalue weighted by Gasteiger charge is 2.09. The number of nitrogens with one attached hydrogen (secondary N) is 1. The zero-order valence-corrected chi connectivity index (χ0v) is 10.4. The molecule has 0 unspecified atom stereocenters. The molecule has 0 radical (unpaired) electrons. The molecular weight excluding hydrogens is 276 g/mol. The summed E-state index contributed by atoms with van der Waals surface area (Å²) in [6.07, 6.45) is 0. The summed E-state index contributed by atoms with van der Waals surface area (Å²) in [7, 11) is 3.21. The molecule has 0 heterocycles. The van der Waals surface area contributed by atoms with Crippen LogP contribution in [0.2, 0.25) is 0 Å². The lowest BCUT2D eigenvalue weighted by Gasteiger charge is -2.12. The average Bonchev–Trinajstić information content (AvgIpc) is 2.16. The lowest BCUT2D eigenvalue weighted by atomic mass is 10.2. The summed E-state index contributed by atoms with van der Waals surface area (Å²) in [5, 5.41) is 11.4. The predicted molar refractivity (Wildman–Crippen MR) is 63.8 cm³/mol. The Labute approximate surface area is 101 Å². The van der Waals surface area contributed by atoms with E-state index >= 15 is 0 Å². The average molecular weight is 287 g/mol. The number of nitrogens with zero attached hydrogens (tertiary/aromatic N) is 1. The predicted octanol–water partition coefficient (Wildman–Crippen LogP) is 2.24. The number of rotatable bonds is 2. The maximum absolute atomic E-state index is 11.4. The number of anilines is 1. The SMILES string of the molecule is CN(C)C(=O)Nc1cc(Br)cc(C(=O)O)c1. The lowest BCUT2D eigenvalue weighted by Crippen LogP contribution is -2.27. The minimum atomic E-state index is -1.04. The molecule has 2 amide bonds. The lowest BCUT2D eigenvalue weighted by molar-refractivity contribution is 0.0697. The van der Waals surface area contributed by atoms with Crippen molar-refractivity contribution in [3.05, 3.63) is 28.2 Å². The molecule has 0 aliphatic rings. The van der Waals surface area contributed by atoms with Crippen LogP contribution in [0.25, 0.3) is 0 Å². The van der Waals surface area contributed by atoms with Gasteiger partial charge in [0, 0.05) is 24.3 Å². The number of halogens is 1. The zero-order chi connectivity index (χ0) is 12.3. The van der Waals surface area contributed by atoms with Crippen LogP contribution < -0.4 is 5.32 Å². The van der Waals surface area contributed by atoms with Gasteiger partial charge in [-0.1, -0.05) is 15.9 Å². The normalized spacial score (nSPS) is 9.69. The molecule has 0 atom stereocenters. The van der Waals surface area contributed by atoms with E-state index in [2.05, 4.69) is 21.2 Å². The van der Waals surface area contributed by atoms with Crippen LogP contribution in [0.4, 0.5) is 10.5 Å². The second-order valence-electron chi connectivity index (χ2n) is 3.36. The highest BCUT2D eigenvalue weighted by molar-refractivity contribution is 9.10. The van der Waals surface area contributed by atoms with E-state index in [-0.39, 0.29) is 11.6 Å². The number of carboxylic acids is 1. The molecule has 0 spiro atoms. The fraction of sp³-hybridized carbons (Fsp3) is 0.200. The first-order chi connectivity index (χ1) is 7.40. The quantitative estimate of drug-likeness (QED) is 0.876. The summed E-state index contributed by atoms with van der Waals surface area (Å²) in [6, 6.07) is 4.19. The maximum atomic E-state index is 11.4. The Morgan fingerprint density at radius 2 is 1.94 bits per heavy atom. The second-order valence-corrected chi connectivity index (χ2v) is 4.27. The summed E-state index contributed by atoms with van der Waals surface area (Å²) < 4.78 is 0.599. The van der Waals surface area contributed by atoms with Crippen molar-refractivity contribution in [2.75, 3.05) is 19.4 Å². The molecule has 0 aromatic heterocycles. The smallest absolute Gasteiger partial charge is 0.335 e. The summed E-state index contributed by atoms with van der Waals surface area (Å²) in [4.78, 5) is 23.5. The van der Waals surface area contributed by atoms with Gasteiger partial charge in [0.05, 0.1) is 5.56 Å². The molecule has 0 fully saturated rings. The van der Waals surface area contributed by atoms with Gasteiger partial charge in [-0.15, -0.1) is 0 Å². The second kappa shape index (κ2) is 4.98. The summed E-state index contributed by atoms with van der Waals surface area (Å²) in [5.41, 5.74) is 0.550. The van der Waals surface area contributed by atoms with E-state index in [1.807, 2.05) is 0 Å². The van der Waals surface area contributed by atoms with Gasteiger partial charge in [-0.25, -0.2) is 9.59 Å². The Bertz CT molecular complexity index is 432. The monoisotopic (exact) mass is 286 g/mol. The van der Waals surface area contributed by atoms with Crippen molar-refractivity contribution in [2.24, 2.45) is 0 Å². The third kappa shape index (κ3) is 3.23. The first-order valence-electron chi connectivity index (χ1n) is 4.42. The Kier molecular flexibility index (Phi) is 3.89. The molecule has 0 aliphatic carbocycles. The Morgan fingerprint density at radius 1 is 1.31 bits per heavy atom. The molecule has 1 aromatic rings. The first-order valence-corrected chi connectivity index (χ1v) is 5.21. The van der Waals surface area contributed by atoms with Crippen molar-refractivity contribution in [2.45, 2.75) is 0 Å². The molecular formula is C10H11BrN2O3. The van der Waals surface area contributed by atoms with Crippen molar-refractivity contribution in [1.82, 2.24) is 4.90 Å². The van der Waals surface area contributed by atoms with Gasteiger partial charge in [0.25, 0.3) is 0 Å². The maximum Gasteiger partial charge on any atom is 0.335 e. The Morgan fingerprint density at radius 3 is 2.44 bits per heavy atom. The molecule has 1 aromatic carbocycles. The van der Waals surface area contributed by atoms with Crippen LogP contribution >= 0.6 is 15.9 Å². The van der Waals surface area contributed by atoms with Gasteiger partial charge in [-0.2, -0.15) is 0 Å². The van der Waals surface area contributed by atoms with Crippen molar-refractivity contribution in [1.29, 1.82) is 0 Å². The van der Waals surface area contributed by atoms with Crippen LogP contribution in [0.1, 0.15) is 10.4 Å².